The Labute approximate surface area is 297 Å². The molecule has 0 bridgehead atoms. The lowest BCUT2D eigenvalue weighted by atomic mass is 10.3. The minimum atomic E-state index is -0.556. The second-order valence-electron chi connectivity index (χ2n) is 10.7. The summed E-state index contributed by atoms with van der Waals surface area (Å²) >= 11 is 0.818. The number of nitrogens with zero attached hydrogens (tertiary/aromatic N) is 7. The third-order valence-electron chi connectivity index (χ3n) is 7.30. The third kappa shape index (κ3) is 8.18. The molecule has 0 unspecified atom stereocenters. The van der Waals surface area contributed by atoms with Crippen LogP contribution in [-0.2, 0) is 29.9 Å². The van der Waals surface area contributed by atoms with Crippen molar-refractivity contribution in [2.45, 2.75) is 11.7 Å². The van der Waals surface area contributed by atoms with Gasteiger partial charge in [-0.15, -0.1) is 0 Å². The number of anilines is 1. The molecule has 5 heterocycles. The van der Waals surface area contributed by atoms with Gasteiger partial charge in [0.2, 0.25) is 11.1 Å². The van der Waals surface area contributed by atoms with E-state index < -0.39 is 22.8 Å². The first-order chi connectivity index (χ1) is 25.2. The quantitative estimate of drug-likeness (QED) is 0.0746. The summed E-state index contributed by atoms with van der Waals surface area (Å²) in [5, 5.41) is 4.56. The summed E-state index contributed by atoms with van der Waals surface area (Å²) in [7, 11) is 4.48. The third-order valence-corrected chi connectivity index (χ3v) is 7.85. The number of halogens is 2. The molecule has 0 aliphatic carbocycles. The van der Waals surface area contributed by atoms with E-state index >= 15 is 0 Å². The number of nitrogens with one attached hydrogen (secondary N) is 1. The zero-order valence-electron chi connectivity index (χ0n) is 27.7. The van der Waals surface area contributed by atoms with Crippen LogP contribution in [0.4, 0.5) is 14.7 Å². The summed E-state index contributed by atoms with van der Waals surface area (Å²) in [6.07, 6.45) is 6.51. The first-order valence-corrected chi connectivity index (χ1v) is 16.0. The molecule has 52 heavy (non-hydrogen) atoms. The lowest BCUT2D eigenvalue weighted by molar-refractivity contribution is -0.160. The van der Waals surface area contributed by atoms with Crippen molar-refractivity contribution in [2.75, 3.05) is 12.4 Å². The molecule has 264 valence electrons. The number of para-hydroxylation sites is 2. The van der Waals surface area contributed by atoms with Crippen molar-refractivity contribution < 1.29 is 27.5 Å². The largest absolute Gasteiger partial charge is 0.448 e. The van der Waals surface area contributed by atoms with Crippen LogP contribution in [0.15, 0.2) is 112 Å². The highest BCUT2D eigenvalue weighted by Crippen LogP contribution is 2.26. The number of rotatable bonds is 10. The van der Waals surface area contributed by atoms with Crippen LogP contribution in [0.2, 0.25) is 0 Å². The molecular weight excluding hydrogens is 698 g/mol. The summed E-state index contributed by atoms with van der Waals surface area (Å²) < 4.78 is 45.8. The number of benzene rings is 2. The van der Waals surface area contributed by atoms with Crippen molar-refractivity contribution in [3.63, 3.8) is 0 Å². The van der Waals surface area contributed by atoms with Crippen molar-refractivity contribution in [2.24, 2.45) is 14.1 Å². The maximum absolute atomic E-state index is 13.8. The Hall–Kier alpha value is -6.30. The fraction of sp³-hybridized carbons (Fsp3) is 0.114. The Morgan fingerprint density at radius 3 is 1.83 bits per heavy atom. The van der Waals surface area contributed by atoms with Crippen LogP contribution in [0.25, 0.3) is 22.1 Å². The highest BCUT2D eigenvalue weighted by atomic mass is 32.2. The molecule has 0 fully saturated rings. The van der Waals surface area contributed by atoms with Crippen molar-refractivity contribution in [1.82, 2.24) is 34.1 Å². The van der Waals surface area contributed by atoms with Gasteiger partial charge in [-0.2, -0.15) is 9.32 Å². The predicted molar refractivity (Wildman–Crippen MR) is 188 cm³/mol. The Kier molecular flexibility index (Phi) is 11.0. The number of fused-ring (bicyclic) bond motifs is 2. The number of pyridine rings is 3. The average molecular weight is 727 g/mol. The average Bonchev–Trinajstić information content (AvgIpc) is 3.16. The molecule has 0 atom stereocenters. The number of hydrogen-bond acceptors (Lipinski definition) is 13. The van der Waals surface area contributed by atoms with E-state index in [1.807, 2.05) is 12.1 Å². The molecule has 0 saturated heterocycles. The second-order valence-corrected chi connectivity index (χ2v) is 11.4. The van der Waals surface area contributed by atoms with Crippen LogP contribution in [0.3, 0.4) is 0 Å². The molecule has 5 aromatic heterocycles. The standard InChI is InChI=1S/C20H16FN5O2.C15H12FN3O4S/c1-26-18-14(10-17(19(26)27)28-16-5-3-2-4-15(16)21)12-24-20(25-18)23-11-13-6-8-22-9-7-13;1-19-13-9(8-17-15(18-13)24-23-21-2)7-12(14(19)20)22-11-6-4-3-5-10(11)16/h2-10,12H,11H2,1H3,(H,23,24,25);3-8H,1-2H3. The molecule has 0 amide bonds. The van der Waals surface area contributed by atoms with Crippen LogP contribution in [0.5, 0.6) is 23.0 Å². The fourth-order valence-electron chi connectivity index (χ4n) is 4.73. The van der Waals surface area contributed by atoms with Gasteiger partial charge in [0, 0.05) is 56.2 Å². The Balaban J connectivity index is 0.000000181. The maximum atomic E-state index is 13.8. The normalized spacial score (nSPS) is 10.9. The number of ether oxygens (including phenoxy) is 2. The lowest BCUT2D eigenvalue weighted by Crippen LogP contribution is -2.20. The second kappa shape index (κ2) is 16.2. The first-order valence-electron chi connectivity index (χ1n) is 15.3. The molecule has 0 radical (unpaired) electrons. The van der Waals surface area contributed by atoms with Gasteiger partial charge >= 0.3 is 0 Å². The molecule has 2 aromatic carbocycles. The Bertz CT molecular complexity index is 2490. The molecule has 0 saturated carbocycles. The van der Waals surface area contributed by atoms with Gasteiger partial charge in [-0.05, 0) is 54.1 Å². The molecule has 0 spiro atoms. The van der Waals surface area contributed by atoms with Gasteiger partial charge < -0.3 is 14.8 Å². The molecule has 0 aliphatic rings. The van der Waals surface area contributed by atoms with E-state index in [9.17, 15) is 18.4 Å². The van der Waals surface area contributed by atoms with E-state index in [-0.39, 0.29) is 28.2 Å². The van der Waals surface area contributed by atoms with Crippen LogP contribution >= 0.6 is 12.0 Å². The zero-order valence-corrected chi connectivity index (χ0v) is 28.5. The van der Waals surface area contributed by atoms with Gasteiger partial charge in [0.15, 0.2) is 34.6 Å². The van der Waals surface area contributed by atoms with Gasteiger partial charge in [-0.25, -0.2) is 28.6 Å². The zero-order chi connectivity index (χ0) is 36.6. The van der Waals surface area contributed by atoms with Crippen LogP contribution in [-0.4, -0.2) is 41.2 Å². The maximum Gasteiger partial charge on any atom is 0.294 e. The van der Waals surface area contributed by atoms with Gasteiger partial charge in [0.25, 0.3) is 11.1 Å². The Morgan fingerprint density at radius 1 is 0.731 bits per heavy atom. The topological polar surface area (TPSA) is 157 Å². The molecule has 1 N–H and O–H groups in total. The van der Waals surface area contributed by atoms with Gasteiger partial charge in [-0.1, -0.05) is 24.3 Å². The molecule has 14 nitrogen and oxygen atoms in total. The fourth-order valence-corrected chi connectivity index (χ4v) is 5.08. The molecule has 7 aromatic rings. The van der Waals surface area contributed by atoms with Crippen LogP contribution < -0.4 is 25.9 Å². The lowest BCUT2D eigenvalue weighted by Gasteiger charge is -2.11. The minimum Gasteiger partial charge on any atom is -0.448 e. The monoisotopic (exact) mass is 726 g/mol. The van der Waals surface area contributed by atoms with E-state index in [4.69, 9.17) is 13.8 Å². The predicted octanol–water partition coefficient (Wildman–Crippen LogP) is 6.11. The number of aromatic nitrogens is 7. The summed E-state index contributed by atoms with van der Waals surface area (Å²) in [6, 6.07) is 18.5. The van der Waals surface area contributed by atoms with E-state index in [1.165, 1.54) is 72.0 Å². The van der Waals surface area contributed by atoms with Crippen molar-refractivity contribution >= 4 is 40.1 Å². The highest BCUT2D eigenvalue weighted by molar-refractivity contribution is 7.94. The van der Waals surface area contributed by atoms with Gasteiger partial charge in [0.1, 0.15) is 23.3 Å². The van der Waals surface area contributed by atoms with E-state index in [0.29, 0.717) is 34.6 Å². The van der Waals surface area contributed by atoms with E-state index in [0.717, 1.165) is 17.6 Å². The molecular formula is C35H28F2N8O6S. The summed E-state index contributed by atoms with van der Waals surface area (Å²) in [5.74, 6) is -0.780. The summed E-state index contributed by atoms with van der Waals surface area (Å²) in [4.78, 5) is 50.5. The number of aryl methyl sites for hydroxylation is 2. The number of hydrogen-bond donors (Lipinski definition) is 1. The van der Waals surface area contributed by atoms with Crippen LogP contribution in [0.1, 0.15) is 5.56 Å². The van der Waals surface area contributed by atoms with E-state index in [1.54, 1.807) is 43.8 Å². The van der Waals surface area contributed by atoms with Crippen molar-refractivity contribution in [3.05, 3.63) is 135 Å². The van der Waals surface area contributed by atoms with Gasteiger partial charge in [-0.3, -0.25) is 23.7 Å². The van der Waals surface area contributed by atoms with Crippen molar-refractivity contribution in [3.8, 4) is 23.0 Å². The summed E-state index contributed by atoms with van der Waals surface area (Å²) in [5.41, 5.74) is 0.986. The molecule has 7 rings (SSSR count). The first kappa shape index (κ1) is 35.5. The van der Waals surface area contributed by atoms with Crippen molar-refractivity contribution in [1.29, 1.82) is 0 Å². The molecule has 0 aliphatic heterocycles. The Morgan fingerprint density at radius 2 is 1.27 bits per heavy atom. The smallest absolute Gasteiger partial charge is 0.294 e. The van der Waals surface area contributed by atoms with Gasteiger partial charge in [0.05, 0.1) is 7.11 Å². The SMILES string of the molecule is COOSc1ncc2cc(Oc3ccccc3F)c(=O)n(C)c2n1.Cn1c(=O)c(Oc2ccccc2F)cc2cnc(NCc3ccncc3)nc21. The van der Waals surface area contributed by atoms with E-state index in [2.05, 4.69) is 35.1 Å². The highest BCUT2D eigenvalue weighted by Gasteiger charge is 2.15. The van der Waals surface area contributed by atoms with Crippen LogP contribution in [0, 0.1) is 11.6 Å². The minimum absolute atomic E-state index is 0.00111. The summed E-state index contributed by atoms with van der Waals surface area (Å²) in [6.45, 7) is 0.524. The molecule has 17 heteroatoms.